The Bertz CT molecular complexity index is 1150. The fourth-order valence-corrected chi connectivity index (χ4v) is 3.94. The first-order valence-corrected chi connectivity index (χ1v) is 11.0. The van der Waals surface area contributed by atoms with Crippen LogP contribution in [0.5, 0.6) is 0 Å². The Kier molecular flexibility index (Phi) is 6.50. The lowest BCUT2D eigenvalue weighted by Gasteiger charge is -2.13. The van der Waals surface area contributed by atoms with Gasteiger partial charge in [0.2, 0.25) is 0 Å². The van der Waals surface area contributed by atoms with Crippen molar-refractivity contribution in [2.24, 2.45) is 5.10 Å². The van der Waals surface area contributed by atoms with E-state index in [0.717, 1.165) is 59.4 Å². The average Bonchev–Trinajstić information content (AvgIpc) is 3.18. The Balaban J connectivity index is 1.50. The molecule has 0 bridgehead atoms. The number of rotatable bonds is 6. The summed E-state index contributed by atoms with van der Waals surface area (Å²) >= 11 is 0. The Morgan fingerprint density at radius 3 is 2.41 bits per heavy atom. The molecule has 6 nitrogen and oxygen atoms in total. The zero-order valence-electron chi connectivity index (χ0n) is 18.4. The lowest BCUT2D eigenvalue weighted by Crippen LogP contribution is -2.24. The molecule has 2 aromatic carbocycles. The van der Waals surface area contributed by atoms with E-state index in [0.29, 0.717) is 17.9 Å². The summed E-state index contributed by atoms with van der Waals surface area (Å²) in [6, 6.07) is 17.5. The molecule has 32 heavy (non-hydrogen) atoms. The molecule has 2 N–H and O–H groups in total. The maximum atomic E-state index is 12.7. The number of benzene rings is 2. The van der Waals surface area contributed by atoms with Gasteiger partial charge in [-0.3, -0.25) is 9.59 Å². The summed E-state index contributed by atoms with van der Waals surface area (Å²) in [5.74, 6) is 0.614. The summed E-state index contributed by atoms with van der Waals surface area (Å²) in [5, 5.41) is 7.26. The van der Waals surface area contributed by atoms with Crippen molar-refractivity contribution in [3.8, 4) is 11.1 Å². The van der Waals surface area contributed by atoms with Crippen LogP contribution in [0.1, 0.15) is 64.0 Å². The zero-order valence-corrected chi connectivity index (χ0v) is 18.4. The van der Waals surface area contributed by atoms with Crippen LogP contribution in [0.2, 0.25) is 0 Å². The highest BCUT2D eigenvalue weighted by Crippen LogP contribution is 2.30. The van der Waals surface area contributed by atoms with Crippen LogP contribution in [0.25, 0.3) is 11.1 Å². The topological polar surface area (TPSA) is 83.7 Å². The van der Waals surface area contributed by atoms with E-state index in [1.54, 1.807) is 12.1 Å². The number of hydrogen-bond donors (Lipinski definition) is 2. The number of hydrazone groups is 1. The van der Waals surface area contributed by atoms with Crippen LogP contribution in [0.15, 0.2) is 64.1 Å². The highest BCUT2D eigenvalue weighted by atomic mass is 16.4. The van der Waals surface area contributed by atoms with Crippen LogP contribution >= 0.6 is 0 Å². The second-order valence-corrected chi connectivity index (χ2v) is 7.91. The van der Waals surface area contributed by atoms with Crippen LogP contribution in [-0.2, 0) is 6.42 Å². The molecule has 0 atom stereocenters. The van der Waals surface area contributed by atoms with E-state index < -0.39 is 0 Å². The predicted molar refractivity (Wildman–Crippen MR) is 125 cm³/mol. The maximum absolute atomic E-state index is 12.7. The molecule has 0 saturated carbocycles. The molecule has 0 aliphatic heterocycles. The molecule has 0 unspecified atom stereocenters. The van der Waals surface area contributed by atoms with Gasteiger partial charge >= 0.3 is 0 Å². The summed E-state index contributed by atoms with van der Waals surface area (Å²) in [5.41, 5.74) is 7.72. The van der Waals surface area contributed by atoms with Crippen molar-refractivity contribution in [2.75, 3.05) is 6.54 Å². The maximum Gasteiger partial charge on any atom is 0.287 e. The lowest BCUT2D eigenvalue weighted by atomic mass is 9.93. The largest absolute Gasteiger partial charge is 0.455 e. The third kappa shape index (κ3) is 4.49. The van der Waals surface area contributed by atoms with Crippen molar-refractivity contribution in [3.05, 3.63) is 82.8 Å². The average molecular weight is 430 g/mol. The molecule has 1 heterocycles. The minimum atomic E-state index is -0.272. The van der Waals surface area contributed by atoms with Crippen molar-refractivity contribution in [1.29, 1.82) is 0 Å². The molecular weight excluding hydrogens is 402 g/mol. The van der Waals surface area contributed by atoms with Gasteiger partial charge in [0.15, 0.2) is 5.76 Å². The Hall–Kier alpha value is -3.67. The van der Waals surface area contributed by atoms with Gasteiger partial charge in [0.05, 0.1) is 5.71 Å². The number of carbonyl (C=O) groups is 2. The van der Waals surface area contributed by atoms with Gasteiger partial charge in [-0.2, -0.15) is 5.10 Å². The number of amides is 2. The van der Waals surface area contributed by atoms with Gasteiger partial charge in [0.1, 0.15) is 5.76 Å². The Morgan fingerprint density at radius 1 is 0.969 bits per heavy atom. The SMILES string of the molecule is CCCNC(=O)c1oc2c(c1C)/C(=N/NC(=O)c1ccc(-c3ccccc3)cc1)CCC2. The first-order chi connectivity index (χ1) is 15.6. The second kappa shape index (κ2) is 9.64. The smallest absolute Gasteiger partial charge is 0.287 e. The van der Waals surface area contributed by atoms with Gasteiger partial charge in [-0.25, -0.2) is 5.43 Å². The second-order valence-electron chi connectivity index (χ2n) is 7.91. The van der Waals surface area contributed by atoms with Crippen LogP contribution in [0, 0.1) is 6.92 Å². The summed E-state index contributed by atoms with van der Waals surface area (Å²) in [6.45, 7) is 4.47. The Morgan fingerprint density at radius 2 is 1.69 bits per heavy atom. The number of fused-ring (bicyclic) bond motifs is 1. The highest BCUT2D eigenvalue weighted by Gasteiger charge is 2.28. The van der Waals surface area contributed by atoms with Gasteiger partial charge in [-0.1, -0.05) is 49.4 Å². The van der Waals surface area contributed by atoms with Gasteiger partial charge in [0, 0.05) is 29.7 Å². The van der Waals surface area contributed by atoms with E-state index in [9.17, 15) is 9.59 Å². The molecule has 3 aromatic rings. The molecule has 6 heteroatoms. The van der Waals surface area contributed by atoms with E-state index in [-0.39, 0.29) is 11.8 Å². The number of aryl methyl sites for hydroxylation is 1. The third-order valence-corrected chi connectivity index (χ3v) is 5.61. The highest BCUT2D eigenvalue weighted by molar-refractivity contribution is 6.07. The summed E-state index contributed by atoms with van der Waals surface area (Å²) in [6.07, 6.45) is 3.19. The number of nitrogens with zero attached hydrogens (tertiary/aromatic N) is 1. The zero-order chi connectivity index (χ0) is 22.5. The normalized spacial score (nSPS) is 14.1. The number of furan rings is 1. The predicted octanol–water partition coefficient (Wildman–Crippen LogP) is 4.87. The van der Waals surface area contributed by atoms with Gasteiger partial charge in [-0.05, 0) is 49.4 Å². The minimum Gasteiger partial charge on any atom is -0.455 e. The van der Waals surface area contributed by atoms with E-state index in [4.69, 9.17) is 4.42 Å². The molecule has 1 aliphatic rings. The molecular formula is C26H27N3O3. The molecule has 0 spiro atoms. The van der Waals surface area contributed by atoms with Gasteiger partial charge in [-0.15, -0.1) is 0 Å². The molecule has 0 fully saturated rings. The van der Waals surface area contributed by atoms with E-state index in [1.165, 1.54) is 0 Å². The molecule has 0 saturated heterocycles. The van der Waals surface area contributed by atoms with Crippen LogP contribution in [0.3, 0.4) is 0 Å². The standard InChI is InChI=1S/C26H27N3O3/c1-3-16-27-26(31)24-17(2)23-21(10-7-11-22(23)32-24)28-29-25(30)20-14-12-19(13-15-20)18-8-5-4-6-9-18/h4-6,8-9,12-15H,3,7,10-11,16H2,1-2H3,(H,27,31)(H,29,30)/b28-21+. The summed E-state index contributed by atoms with van der Waals surface area (Å²) in [4.78, 5) is 25.1. The molecule has 4 rings (SSSR count). The lowest BCUT2D eigenvalue weighted by molar-refractivity contribution is 0.0921. The van der Waals surface area contributed by atoms with Crippen LogP contribution in [0.4, 0.5) is 0 Å². The van der Waals surface area contributed by atoms with Crippen molar-refractivity contribution in [1.82, 2.24) is 10.7 Å². The number of nitrogens with one attached hydrogen (secondary N) is 2. The molecule has 0 radical (unpaired) electrons. The van der Waals surface area contributed by atoms with Crippen LogP contribution in [-0.4, -0.2) is 24.1 Å². The minimum absolute atomic E-state index is 0.208. The van der Waals surface area contributed by atoms with Gasteiger partial charge < -0.3 is 9.73 Å². The van der Waals surface area contributed by atoms with E-state index in [1.807, 2.05) is 56.3 Å². The van der Waals surface area contributed by atoms with Crippen molar-refractivity contribution < 1.29 is 14.0 Å². The first kappa shape index (κ1) is 21.6. The Labute approximate surface area is 187 Å². The molecule has 1 aromatic heterocycles. The fourth-order valence-electron chi connectivity index (χ4n) is 3.94. The third-order valence-electron chi connectivity index (χ3n) is 5.61. The van der Waals surface area contributed by atoms with E-state index in [2.05, 4.69) is 15.8 Å². The van der Waals surface area contributed by atoms with Gasteiger partial charge in [0.25, 0.3) is 11.8 Å². The monoisotopic (exact) mass is 429 g/mol. The van der Waals surface area contributed by atoms with Crippen molar-refractivity contribution >= 4 is 17.5 Å². The van der Waals surface area contributed by atoms with E-state index >= 15 is 0 Å². The number of carbonyl (C=O) groups excluding carboxylic acids is 2. The molecule has 1 aliphatic carbocycles. The summed E-state index contributed by atoms with van der Waals surface area (Å²) < 4.78 is 5.87. The first-order valence-electron chi connectivity index (χ1n) is 11.0. The van der Waals surface area contributed by atoms with Crippen molar-refractivity contribution in [2.45, 2.75) is 39.5 Å². The number of hydrogen-bond acceptors (Lipinski definition) is 4. The van der Waals surface area contributed by atoms with Crippen molar-refractivity contribution in [3.63, 3.8) is 0 Å². The van der Waals surface area contributed by atoms with Crippen LogP contribution < -0.4 is 10.7 Å². The quantitative estimate of drug-likeness (QED) is 0.549. The fraction of sp³-hybridized carbons (Fsp3) is 0.269. The molecule has 2 amide bonds. The molecule has 164 valence electrons. The summed E-state index contributed by atoms with van der Waals surface area (Å²) in [7, 11) is 0.